The molecule has 0 amide bonds. The van der Waals surface area contributed by atoms with Gasteiger partial charge in [-0.3, -0.25) is 9.59 Å². The third kappa shape index (κ3) is 12.1. The molecule has 0 aromatic rings. The van der Waals surface area contributed by atoms with Gasteiger partial charge in [0.1, 0.15) is 0 Å². The van der Waals surface area contributed by atoms with Crippen molar-refractivity contribution in [2.24, 2.45) is 0 Å². The molecule has 0 aromatic carbocycles. The van der Waals surface area contributed by atoms with E-state index < -0.39 is 36.4 Å². The monoisotopic (exact) mass is 606 g/mol. The minimum absolute atomic E-state index is 0. The van der Waals surface area contributed by atoms with E-state index in [2.05, 4.69) is 0 Å². The molecule has 0 aromatic heterocycles. The van der Waals surface area contributed by atoms with Gasteiger partial charge < -0.3 is 20.4 Å². The maximum absolute atomic E-state index is 10.3. The summed E-state index contributed by atoms with van der Waals surface area (Å²) in [5, 5.41) is 33.8. The standard InChI is InChI=1S/C6H8O7.3Ba/c7-3(8)1-6(13,5(11)12)2-4(9)10;;;/h13H,1-2H2,(H,7,8)(H,9,10)(H,11,12);;;. The van der Waals surface area contributed by atoms with Crippen molar-refractivity contribution in [1.29, 1.82) is 0 Å². The zero-order valence-electron chi connectivity index (χ0n) is 8.55. The van der Waals surface area contributed by atoms with Gasteiger partial charge >= 0.3 is 17.9 Å². The van der Waals surface area contributed by atoms with Crippen molar-refractivity contribution < 1.29 is 34.8 Å². The van der Waals surface area contributed by atoms with Crippen LogP contribution < -0.4 is 0 Å². The van der Waals surface area contributed by atoms with E-state index in [9.17, 15) is 14.4 Å². The van der Waals surface area contributed by atoms with Gasteiger partial charge in [0.05, 0.1) is 12.8 Å². The second-order valence-electron chi connectivity index (χ2n) is 2.48. The van der Waals surface area contributed by atoms with E-state index in [0.29, 0.717) is 0 Å². The summed E-state index contributed by atoms with van der Waals surface area (Å²) in [6.45, 7) is 0. The first-order valence-corrected chi connectivity index (χ1v) is 3.17. The second-order valence-corrected chi connectivity index (χ2v) is 2.48. The normalized spacial score (nSPS) is 8.81. The van der Waals surface area contributed by atoms with Crippen molar-refractivity contribution >= 4 is 165 Å². The fraction of sp³-hybridized carbons (Fsp3) is 0.500. The van der Waals surface area contributed by atoms with Crippen molar-refractivity contribution in [3.8, 4) is 0 Å². The molecular formula is C6H8Ba3O7. The molecule has 10 heteroatoms. The summed E-state index contributed by atoms with van der Waals surface area (Å²) in [6.07, 6.45) is -2.29. The fourth-order valence-corrected chi connectivity index (χ4v) is 0.714. The summed E-state index contributed by atoms with van der Waals surface area (Å²) in [5.41, 5.74) is -2.74. The van der Waals surface area contributed by atoms with E-state index >= 15 is 0 Å². The second kappa shape index (κ2) is 13.1. The Kier molecular flexibility index (Phi) is 22.4. The zero-order chi connectivity index (χ0) is 10.6. The number of aliphatic hydroxyl groups is 1. The predicted octanol–water partition coefficient (Wildman–Crippen LogP) is -2.39. The summed E-state index contributed by atoms with van der Waals surface area (Å²) in [5.74, 6) is -5.02. The quantitative estimate of drug-likeness (QED) is 0.258. The first kappa shape index (κ1) is 27.4. The summed E-state index contributed by atoms with van der Waals surface area (Å²) in [7, 11) is 0. The maximum Gasteiger partial charge on any atom is 0.336 e. The van der Waals surface area contributed by atoms with Gasteiger partial charge in [0, 0.05) is 147 Å². The van der Waals surface area contributed by atoms with Gasteiger partial charge in [-0.2, -0.15) is 0 Å². The molecule has 7 nitrogen and oxygen atoms in total. The van der Waals surface area contributed by atoms with Crippen LogP contribution in [0.2, 0.25) is 0 Å². The average Bonchev–Trinajstić information content (AvgIpc) is 1.82. The number of carbonyl (C=O) groups is 3. The van der Waals surface area contributed by atoms with Crippen molar-refractivity contribution in [3.63, 3.8) is 0 Å². The van der Waals surface area contributed by atoms with Crippen LogP contribution in [0.5, 0.6) is 0 Å². The molecule has 0 rings (SSSR count). The molecule has 0 aliphatic heterocycles. The smallest absolute Gasteiger partial charge is 0.336 e. The van der Waals surface area contributed by atoms with Crippen molar-refractivity contribution in [2.75, 3.05) is 0 Å². The third-order valence-corrected chi connectivity index (χ3v) is 1.29. The molecule has 0 unspecified atom stereocenters. The van der Waals surface area contributed by atoms with Crippen LogP contribution >= 0.6 is 0 Å². The van der Waals surface area contributed by atoms with E-state index in [0.717, 1.165) is 0 Å². The van der Waals surface area contributed by atoms with Crippen LogP contribution in [-0.4, -0.2) is 191 Å². The Hall–Kier alpha value is 3.08. The minimum Gasteiger partial charge on any atom is -0.481 e. The Morgan fingerprint density at radius 3 is 1.19 bits per heavy atom. The van der Waals surface area contributed by atoms with Crippen LogP contribution in [0, 0.1) is 0 Å². The van der Waals surface area contributed by atoms with E-state index in [1.54, 1.807) is 0 Å². The van der Waals surface area contributed by atoms with Crippen LogP contribution in [0.3, 0.4) is 0 Å². The van der Waals surface area contributed by atoms with E-state index in [1.807, 2.05) is 0 Å². The van der Waals surface area contributed by atoms with Crippen LogP contribution in [0.1, 0.15) is 12.8 Å². The first-order valence-electron chi connectivity index (χ1n) is 3.17. The molecule has 0 heterocycles. The zero-order valence-corrected chi connectivity index (χ0v) is 21.9. The number of hydrogen-bond acceptors (Lipinski definition) is 4. The van der Waals surface area contributed by atoms with Crippen molar-refractivity contribution in [2.45, 2.75) is 18.4 Å². The molecule has 6 radical (unpaired) electrons. The summed E-state index contributed by atoms with van der Waals surface area (Å²) in [6, 6.07) is 0. The van der Waals surface area contributed by atoms with Gasteiger partial charge in [0.2, 0.25) is 0 Å². The van der Waals surface area contributed by atoms with Gasteiger partial charge in [-0.05, 0) is 0 Å². The molecular weight excluding hydrogens is 596 g/mol. The summed E-state index contributed by atoms with van der Waals surface area (Å²) >= 11 is 0. The van der Waals surface area contributed by atoms with Gasteiger partial charge in [0.25, 0.3) is 0 Å². The van der Waals surface area contributed by atoms with Crippen LogP contribution in [0.25, 0.3) is 0 Å². The van der Waals surface area contributed by atoms with Crippen molar-refractivity contribution in [1.82, 2.24) is 0 Å². The molecule has 0 bridgehead atoms. The Bertz CT molecular complexity index is 239. The van der Waals surface area contributed by atoms with Crippen LogP contribution in [0.4, 0.5) is 0 Å². The fourth-order valence-electron chi connectivity index (χ4n) is 0.714. The van der Waals surface area contributed by atoms with Crippen LogP contribution in [0.15, 0.2) is 0 Å². The van der Waals surface area contributed by atoms with E-state index in [1.165, 1.54) is 0 Å². The Balaban J connectivity index is -0.000000240. The molecule has 80 valence electrons. The third-order valence-electron chi connectivity index (χ3n) is 1.29. The molecule has 16 heavy (non-hydrogen) atoms. The Morgan fingerprint density at radius 2 is 1.06 bits per heavy atom. The molecule has 0 spiro atoms. The predicted molar refractivity (Wildman–Crippen MR) is 54.4 cm³/mol. The minimum atomic E-state index is -2.74. The van der Waals surface area contributed by atoms with Gasteiger partial charge in [-0.15, -0.1) is 0 Å². The van der Waals surface area contributed by atoms with E-state index in [-0.39, 0.29) is 147 Å². The van der Waals surface area contributed by atoms with Crippen LogP contribution in [-0.2, 0) is 14.4 Å². The van der Waals surface area contributed by atoms with Gasteiger partial charge in [-0.25, -0.2) is 4.79 Å². The number of hydrogen-bond donors (Lipinski definition) is 4. The molecule has 0 saturated heterocycles. The molecule has 0 aliphatic carbocycles. The molecule has 0 saturated carbocycles. The SMILES string of the molecule is O=C(O)CC(O)(CC(=O)O)C(=O)O.[Ba].[Ba].[Ba]. The van der Waals surface area contributed by atoms with E-state index in [4.69, 9.17) is 20.4 Å². The molecule has 0 fully saturated rings. The number of carboxylic acids is 3. The maximum atomic E-state index is 10.3. The van der Waals surface area contributed by atoms with Crippen molar-refractivity contribution in [3.05, 3.63) is 0 Å². The summed E-state index contributed by atoms with van der Waals surface area (Å²) in [4.78, 5) is 30.5. The molecule has 0 aliphatic rings. The largest absolute Gasteiger partial charge is 0.481 e. The number of aliphatic carboxylic acids is 3. The summed E-state index contributed by atoms with van der Waals surface area (Å²) < 4.78 is 0. The van der Waals surface area contributed by atoms with Gasteiger partial charge in [0.15, 0.2) is 5.60 Å². The number of rotatable bonds is 5. The van der Waals surface area contributed by atoms with Gasteiger partial charge in [-0.1, -0.05) is 0 Å². The molecule has 0 atom stereocenters. The first-order chi connectivity index (χ1) is 5.78. The Morgan fingerprint density at radius 1 is 0.812 bits per heavy atom. The number of carboxylic acid groups (broad SMARTS) is 3. The topological polar surface area (TPSA) is 132 Å². The Labute approximate surface area is 212 Å². The average molecular weight is 604 g/mol. The molecule has 4 N–H and O–H groups in total.